The van der Waals surface area contributed by atoms with Crippen molar-refractivity contribution in [1.82, 2.24) is 0 Å². The van der Waals surface area contributed by atoms with Gasteiger partial charge in [-0.1, -0.05) is 0 Å². The van der Waals surface area contributed by atoms with Crippen LogP contribution in [0.2, 0.25) is 0 Å². The topological polar surface area (TPSA) is 62.9 Å². The number of hydrogen-bond acceptors (Lipinski definition) is 5. The Morgan fingerprint density at radius 3 is 2.32 bits per heavy atom. The van der Waals surface area contributed by atoms with Crippen molar-refractivity contribution in [2.24, 2.45) is 5.73 Å². The van der Waals surface area contributed by atoms with Crippen molar-refractivity contribution in [2.45, 2.75) is 25.7 Å². The molecule has 19 heavy (non-hydrogen) atoms. The van der Waals surface area contributed by atoms with Gasteiger partial charge in [-0.2, -0.15) is 0 Å². The molecule has 104 valence electrons. The Morgan fingerprint density at radius 2 is 1.68 bits per heavy atom. The van der Waals surface area contributed by atoms with Gasteiger partial charge in [0.25, 0.3) is 0 Å². The highest BCUT2D eigenvalue weighted by atomic mass is 16.7. The van der Waals surface area contributed by atoms with Crippen molar-refractivity contribution in [2.75, 3.05) is 26.4 Å². The Balaban J connectivity index is 1.96. The van der Waals surface area contributed by atoms with Crippen LogP contribution >= 0.6 is 0 Å². The highest BCUT2D eigenvalue weighted by Gasteiger charge is 2.36. The van der Waals surface area contributed by atoms with E-state index in [1.54, 1.807) is 0 Å². The molecule has 0 unspecified atom stereocenters. The third-order valence-electron chi connectivity index (χ3n) is 3.52. The molecule has 0 atom stereocenters. The van der Waals surface area contributed by atoms with E-state index in [2.05, 4.69) is 0 Å². The number of hydrogen-bond donors (Lipinski definition) is 1. The third-order valence-corrected chi connectivity index (χ3v) is 3.52. The molecule has 0 saturated carbocycles. The summed E-state index contributed by atoms with van der Waals surface area (Å²) < 4.78 is 22.8. The van der Waals surface area contributed by atoms with E-state index in [1.807, 2.05) is 26.0 Å². The van der Waals surface area contributed by atoms with Gasteiger partial charge in [-0.05, 0) is 31.5 Å². The molecule has 2 N–H and O–H groups in total. The van der Waals surface area contributed by atoms with E-state index in [-0.39, 0.29) is 6.04 Å². The van der Waals surface area contributed by atoms with E-state index >= 15 is 0 Å². The molecule has 3 rings (SSSR count). The lowest BCUT2D eigenvalue weighted by Crippen LogP contribution is -2.46. The van der Waals surface area contributed by atoms with Crippen LogP contribution in [0.1, 0.15) is 18.1 Å². The molecule has 0 aromatic heterocycles. The Hall–Kier alpha value is -1.30. The van der Waals surface area contributed by atoms with Gasteiger partial charge in [-0.25, -0.2) is 0 Å². The first-order valence-electron chi connectivity index (χ1n) is 6.53. The quantitative estimate of drug-likeness (QED) is 0.829. The summed E-state index contributed by atoms with van der Waals surface area (Å²) >= 11 is 0. The van der Waals surface area contributed by atoms with Gasteiger partial charge in [0.05, 0.1) is 19.3 Å². The van der Waals surface area contributed by atoms with Crippen molar-refractivity contribution in [3.63, 3.8) is 0 Å². The first-order chi connectivity index (χ1) is 9.08. The summed E-state index contributed by atoms with van der Waals surface area (Å²) in [5.41, 5.74) is 7.81. The van der Waals surface area contributed by atoms with Crippen molar-refractivity contribution < 1.29 is 18.9 Å². The molecule has 0 aliphatic carbocycles. The zero-order valence-electron chi connectivity index (χ0n) is 11.3. The lowest BCUT2D eigenvalue weighted by molar-refractivity contribution is -0.270. The fourth-order valence-electron chi connectivity index (χ4n) is 2.46. The summed E-state index contributed by atoms with van der Waals surface area (Å²) in [4.78, 5) is 0. The molecule has 0 amide bonds. The molecular formula is C14H19NO4. The van der Waals surface area contributed by atoms with E-state index in [9.17, 15) is 0 Å². The molecule has 0 spiro atoms. The molecule has 2 aliphatic heterocycles. The number of rotatable bonds is 1. The summed E-state index contributed by atoms with van der Waals surface area (Å²) in [5.74, 6) is 0.759. The molecule has 1 saturated heterocycles. The minimum absolute atomic E-state index is 0.0643. The first kappa shape index (κ1) is 12.7. The van der Waals surface area contributed by atoms with Crippen LogP contribution < -0.4 is 15.2 Å². The van der Waals surface area contributed by atoms with Crippen LogP contribution in [0.4, 0.5) is 0 Å². The largest absolute Gasteiger partial charge is 0.486 e. The van der Waals surface area contributed by atoms with E-state index in [0.717, 1.165) is 22.6 Å². The number of ether oxygens (including phenoxy) is 4. The fourth-order valence-corrected chi connectivity index (χ4v) is 2.46. The van der Waals surface area contributed by atoms with Gasteiger partial charge in [0, 0.05) is 5.56 Å². The van der Waals surface area contributed by atoms with Crippen LogP contribution in [-0.4, -0.2) is 32.5 Å². The van der Waals surface area contributed by atoms with Crippen molar-refractivity contribution >= 4 is 0 Å². The summed E-state index contributed by atoms with van der Waals surface area (Å²) in [5, 5.41) is 0. The smallest absolute Gasteiger partial charge is 0.192 e. The molecule has 1 fully saturated rings. The summed E-state index contributed by atoms with van der Waals surface area (Å²) in [7, 11) is 0. The number of nitrogens with two attached hydrogens (primary N) is 1. The van der Waals surface area contributed by atoms with Crippen LogP contribution in [0.3, 0.4) is 0 Å². The number of fused-ring (bicyclic) bond motifs is 1. The van der Waals surface area contributed by atoms with Gasteiger partial charge in [0.2, 0.25) is 0 Å². The average molecular weight is 265 g/mol. The molecule has 5 nitrogen and oxygen atoms in total. The van der Waals surface area contributed by atoms with E-state index < -0.39 is 5.79 Å². The Labute approximate surface area is 112 Å². The second-order valence-corrected chi connectivity index (χ2v) is 5.14. The van der Waals surface area contributed by atoms with E-state index in [1.165, 1.54) is 0 Å². The van der Waals surface area contributed by atoms with Crippen molar-refractivity contribution in [1.29, 1.82) is 0 Å². The van der Waals surface area contributed by atoms with Gasteiger partial charge in [0.15, 0.2) is 17.3 Å². The highest BCUT2D eigenvalue weighted by Crippen LogP contribution is 2.39. The monoisotopic (exact) mass is 265 g/mol. The molecular weight excluding hydrogens is 246 g/mol. The van der Waals surface area contributed by atoms with Crippen LogP contribution in [0, 0.1) is 6.92 Å². The zero-order valence-corrected chi connectivity index (χ0v) is 11.3. The van der Waals surface area contributed by atoms with E-state index in [0.29, 0.717) is 26.4 Å². The summed E-state index contributed by atoms with van der Waals surface area (Å²) in [6, 6.07) is 3.85. The third kappa shape index (κ3) is 2.29. The molecule has 0 radical (unpaired) electrons. The van der Waals surface area contributed by atoms with Gasteiger partial charge >= 0.3 is 0 Å². The molecule has 0 bridgehead atoms. The normalized spacial score (nSPS) is 30.2. The number of aryl methyl sites for hydroxylation is 1. The van der Waals surface area contributed by atoms with Gasteiger partial charge in [-0.3, -0.25) is 0 Å². The van der Waals surface area contributed by atoms with Crippen LogP contribution in [0.25, 0.3) is 0 Å². The predicted molar refractivity (Wildman–Crippen MR) is 69.4 cm³/mol. The Kier molecular flexibility index (Phi) is 3.12. The van der Waals surface area contributed by atoms with Gasteiger partial charge in [0.1, 0.15) is 13.2 Å². The predicted octanol–water partition coefficient (Wildman–Crippen LogP) is 1.31. The zero-order chi connectivity index (χ0) is 13.5. The summed E-state index contributed by atoms with van der Waals surface area (Å²) in [6.07, 6.45) is 0. The fraction of sp³-hybridized carbons (Fsp3) is 0.571. The van der Waals surface area contributed by atoms with Crippen LogP contribution in [0.5, 0.6) is 11.5 Å². The minimum Gasteiger partial charge on any atom is -0.486 e. The highest BCUT2D eigenvalue weighted by molar-refractivity contribution is 5.49. The van der Waals surface area contributed by atoms with E-state index in [4.69, 9.17) is 24.7 Å². The van der Waals surface area contributed by atoms with Gasteiger partial charge < -0.3 is 24.7 Å². The molecule has 1 aromatic rings. The van der Waals surface area contributed by atoms with Gasteiger partial charge in [-0.15, -0.1) is 0 Å². The molecule has 2 aliphatic rings. The van der Waals surface area contributed by atoms with Crippen molar-refractivity contribution in [3.8, 4) is 11.5 Å². The van der Waals surface area contributed by atoms with Crippen molar-refractivity contribution in [3.05, 3.63) is 23.3 Å². The average Bonchev–Trinajstić information content (AvgIpc) is 2.41. The SMILES string of the molecule is Cc1cc2c(cc1C1(C)OCC(N)CO1)OCCO2. The standard InChI is InChI=1S/C14H19NO4/c1-9-5-12-13(17-4-3-16-12)6-11(9)14(2)18-7-10(15)8-19-14/h5-6,10H,3-4,7-8,15H2,1-2H3. The lowest BCUT2D eigenvalue weighted by atomic mass is 9.99. The lowest BCUT2D eigenvalue weighted by Gasteiger charge is -2.38. The second kappa shape index (κ2) is 4.67. The van der Waals surface area contributed by atoms with Crippen LogP contribution in [0.15, 0.2) is 12.1 Å². The maximum atomic E-state index is 5.79. The second-order valence-electron chi connectivity index (χ2n) is 5.14. The number of benzene rings is 1. The Bertz CT molecular complexity index is 481. The maximum Gasteiger partial charge on any atom is 0.192 e. The molecule has 2 heterocycles. The van der Waals surface area contributed by atoms with Crippen LogP contribution in [-0.2, 0) is 15.3 Å². The minimum atomic E-state index is -0.768. The summed E-state index contributed by atoms with van der Waals surface area (Å²) in [6.45, 7) is 6.07. The Morgan fingerprint density at radius 1 is 1.11 bits per heavy atom. The first-order valence-corrected chi connectivity index (χ1v) is 6.53. The molecule has 1 aromatic carbocycles. The molecule has 5 heteroatoms. The maximum absolute atomic E-state index is 5.79.